The number of nitrogens with zero attached hydrogens (tertiary/aromatic N) is 4. The molecule has 278 valence electrons. The average Bonchev–Trinajstić information content (AvgIpc) is 3.36. The highest BCUT2D eigenvalue weighted by atomic mass is 32.2. The minimum atomic E-state index is -3.39. The molecule has 1 aromatic heterocycles. The van der Waals surface area contributed by atoms with E-state index in [0.717, 1.165) is 11.2 Å². The number of carbonyl (C=O) groups excluding carboxylic acids is 6. The summed E-state index contributed by atoms with van der Waals surface area (Å²) in [5, 5.41) is 7.99. The fourth-order valence-electron chi connectivity index (χ4n) is 6.19. The lowest BCUT2D eigenvalue weighted by atomic mass is 10.0. The molecule has 0 bridgehead atoms. The Hall–Kier alpha value is -6.11. The van der Waals surface area contributed by atoms with Crippen LogP contribution in [0.25, 0.3) is 0 Å². The number of hydrogen-bond acceptors (Lipinski definition) is 14. The number of primary amides is 1. The first-order chi connectivity index (χ1) is 25.3. The van der Waals surface area contributed by atoms with Gasteiger partial charge in [0.2, 0.25) is 11.8 Å². The zero-order valence-corrected chi connectivity index (χ0v) is 29.3. The molecule has 53 heavy (non-hydrogen) atoms. The lowest BCUT2D eigenvalue weighted by Crippen LogP contribution is -2.54. The largest absolute Gasteiger partial charge is 0.493 e. The van der Waals surface area contributed by atoms with Crippen LogP contribution in [0.5, 0.6) is 5.75 Å². The third-order valence-electron chi connectivity index (χ3n) is 8.81. The molecule has 2 atom stereocenters. The normalized spacial score (nSPS) is 18.7. The third-order valence-corrected chi connectivity index (χ3v) is 9.94. The van der Waals surface area contributed by atoms with Crippen LogP contribution in [0.4, 0.5) is 22.1 Å². The third kappa shape index (κ3) is 8.35. The van der Waals surface area contributed by atoms with E-state index in [9.17, 15) is 37.2 Å². The number of sulfone groups is 1. The van der Waals surface area contributed by atoms with E-state index >= 15 is 0 Å². The van der Waals surface area contributed by atoms with Crippen molar-refractivity contribution in [3.05, 3.63) is 65.5 Å². The highest BCUT2D eigenvalue weighted by molar-refractivity contribution is 7.90. The number of nitrogens with one attached hydrogen (secondary N) is 3. The number of ether oxygens (including phenoxy) is 2. The number of anilines is 3. The quantitative estimate of drug-likeness (QED) is 0.151. The van der Waals surface area contributed by atoms with Gasteiger partial charge >= 0.3 is 6.09 Å². The molecule has 19 heteroatoms. The van der Waals surface area contributed by atoms with Crippen LogP contribution in [-0.2, 0) is 24.2 Å². The van der Waals surface area contributed by atoms with Gasteiger partial charge in [-0.1, -0.05) is 0 Å². The van der Waals surface area contributed by atoms with Gasteiger partial charge in [-0.2, -0.15) is 0 Å². The molecule has 4 heterocycles. The molecule has 2 fully saturated rings. The van der Waals surface area contributed by atoms with Crippen LogP contribution >= 0.6 is 0 Å². The van der Waals surface area contributed by atoms with E-state index in [2.05, 4.69) is 25.9 Å². The molecule has 2 saturated heterocycles. The van der Waals surface area contributed by atoms with Crippen molar-refractivity contribution in [2.75, 3.05) is 42.8 Å². The summed E-state index contributed by atoms with van der Waals surface area (Å²) >= 11 is 0. The number of aromatic nitrogens is 2. The number of imide groups is 2. The second-order valence-corrected chi connectivity index (χ2v) is 14.6. The predicted octanol–water partition coefficient (Wildman–Crippen LogP) is 1.29. The van der Waals surface area contributed by atoms with Gasteiger partial charge in [-0.25, -0.2) is 23.2 Å². The molecule has 2 unspecified atom stereocenters. The van der Waals surface area contributed by atoms with Gasteiger partial charge in [0.15, 0.2) is 21.3 Å². The first-order valence-corrected chi connectivity index (χ1v) is 18.6. The van der Waals surface area contributed by atoms with E-state index < -0.39 is 51.5 Å². The van der Waals surface area contributed by atoms with Gasteiger partial charge in [0, 0.05) is 43.9 Å². The number of nitrogens with two attached hydrogens (primary N) is 1. The smallest absolute Gasteiger partial charge is 0.407 e. The molecule has 0 aliphatic carbocycles. The van der Waals surface area contributed by atoms with Crippen molar-refractivity contribution >= 4 is 62.8 Å². The fraction of sp³-hybridized carbons (Fsp3) is 0.353. The summed E-state index contributed by atoms with van der Waals surface area (Å²) in [5.41, 5.74) is 6.12. The van der Waals surface area contributed by atoms with E-state index in [0.29, 0.717) is 49.6 Å². The van der Waals surface area contributed by atoms with E-state index in [1.807, 2.05) is 4.90 Å². The molecule has 3 aliphatic rings. The Morgan fingerprint density at radius 3 is 2.49 bits per heavy atom. The van der Waals surface area contributed by atoms with Crippen LogP contribution in [0.2, 0.25) is 0 Å². The van der Waals surface area contributed by atoms with Crippen LogP contribution in [0.3, 0.4) is 0 Å². The number of hydrogen-bond donors (Lipinski definition) is 4. The van der Waals surface area contributed by atoms with Gasteiger partial charge in [0.05, 0.1) is 35.4 Å². The summed E-state index contributed by atoms with van der Waals surface area (Å²) < 4.78 is 34.7. The van der Waals surface area contributed by atoms with Crippen molar-refractivity contribution in [2.24, 2.45) is 5.73 Å². The number of benzene rings is 2. The number of fused-ring (bicyclic) bond motifs is 1. The highest BCUT2D eigenvalue weighted by Crippen LogP contribution is 2.30. The van der Waals surface area contributed by atoms with Crippen molar-refractivity contribution in [3.63, 3.8) is 0 Å². The SMILES string of the molecule is CS(=O)(=O)c1ccc(Nc2nc(N3CCCC(NC(=O)OCCCOc4ccc5c(c4)C(=O)N(C4CCC(=O)NC4=O)C5=O)C3)cnc2C(N)=O)cc1. The lowest BCUT2D eigenvalue weighted by Gasteiger charge is -2.33. The minimum Gasteiger partial charge on any atom is -0.493 e. The molecular weight excluding hydrogens is 712 g/mol. The summed E-state index contributed by atoms with van der Waals surface area (Å²) in [6.45, 7) is 1.16. The standard InChI is InChI=1S/C34H36N8O10S/c1-53(49,50)22-8-5-19(6-9-22)37-30-28(29(35)44)36-17-26(39-30)41-13-2-4-20(18-41)38-34(48)52-15-3-14-51-21-7-10-23-24(16-21)33(47)42(32(23)46)25-11-12-27(43)40-31(25)45/h5-10,16-17,20,25H,2-4,11-15,18H2,1H3,(H2,35,44)(H,37,39)(H,38,48)(H,40,43,45). The number of alkyl carbamates (subject to hydrolysis) is 1. The van der Waals surface area contributed by atoms with Crippen LogP contribution < -0.4 is 31.3 Å². The van der Waals surface area contributed by atoms with Gasteiger partial charge in [-0.3, -0.25) is 34.2 Å². The van der Waals surface area contributed by atoms with E-state index in [4.69, 9.17) is 15.2 Å². The minimum absolute atomic E-state index is 0.0232. The Morgan fingerprint density at radius 2 is 1.77 bits per heavy atom. The molecule has 0 saturated carbocycles. The topological polar surface area (TPSA) is 249 Å². The Labute approximate surface area is 303 Å². The van der Waals surface area contributed by atoms with E-state index in [-0.39, 0.29) is 59.6 Å². The Balaban J connectivity index is 0.972. The Kier molecular flexibility index (Phi) is 10.5. The molecule has 0 spiro atoms. The van der Waals surface area contributed by atoms with Gasteiger partial charge in [0.1, 0.15) is 17.6 Å². The maximum absolute atomic E-state index is 13.0. The highest BCUT2D eigenvalue weighted by Gasteiger charge is 2.44. The van der Waals surface area contributed by atoms with Crippen molar-refractivity contribution in [1.29, 1.82) is 0 Å². The molecule has 6 rings (SSSR count). The number of carbonyl (C=O) groups is 6. The summed E-state index contributed by atoms with van der Waals surface area (Å²) in [7, 11) is -3.39. The lowest BCUT2D eigenvalue weighted by molar-refractivity contribution is -0.136. The molecule has 0 radical (unpaired) electrons. The van der Waals surface area contributed by atoms with E-state index in [1.165, 1.54) is 48.7 Å². The van der Waals surface area contributed by atoms with Crippen molar-refractivity contribution in [2.45, 2.75) is 49.1 Å². The number of amides is 6. The number of piperidine rings is 2. The van der Waals surface area contributed by atoms with Gasteiger partial charge in [-0.15, -0.1) is 0 Å². The Morgan fingerprint density at radius 1 is 1.02 bits per heavy atom. The van der Waals surface area contributed by atoms with Gasteiger partial charge < -0.3 is 30.7 Å². The predicted molar refractivity (Wildman–Crippen MR) is 186 cm³/mol. The van der Waals surface area contributed by atoms with Crippen molar-refractivity contribution in [3.8, 4) is 5.75 Å². The maximum Gasteiger partial charge on any atom is 0.407 e. The van der Waals surface area contributed by atoms with Crippen molar-refractivity contribution < 1.29 is 46.7 Å². The monoisotopic (exact) mass is 748 g/mol. The fourth-order valence-corrected chi connectivity index (χ4v) is 6.82. The van der Waals surface area contributed by atoms with Crippen LogP contribution in [0.1, 0.15) is 63.3 Å². The average molecular weight is 749 g/mol. The summed E-state index contributed by atoms with van der Waals surface area (Å²) in [5.74, 6) is -2.36. The van der Waals surface area contributed by atoms with Gasteiger partial charge in [0.25, 0.3) is 17.7 Å². The number of rotatable bonds is 12. The van der Waals surface area contributed by atoms with Crippen LogP contribution in [0.15, 0.2) is 53.6 Å². The summed E-state index contributed by atoms with van der Waals surface area (Å²) in [6.07, 6.45) is 3.70. The van der Waals surface area contributed by atoms with Crippen LogP contribution in [-0.4, -0.2) is 104 Å². The summed E-state index contributed by atoms with van der Waals surface area (Å²) in [4.78, 5) is 86.1. The Bertz CT molecular complexity index is 2090. The molecule has 3 aliphatic heterocycles. The first kappa shape index (κ1) is 36.7. The van der Waals surface area contributed by atoms with E-state index in [1.54, 1.807) is 0 Å². The molecule has 18 nitrogen and oxygen atoms in total. The first-order valence-electron chi connectivity index (χ1n) is 16.7. The second-order valence-electron chi connectivity index (χ2n) is 12.6. The molecule has 3 aromatic rings. The zero-order valence-electron chi connectivity index (χ0n) is 28.5. The molecule has 5 N–H and O–H groups in total. The summed E-state index contributed by atoms with van der Waals surface area (Å²) in [6, 6.07) is 8.98. The van der Waals surface area contributed by atoms with Crippen molar-refractivity contribution in [1.82, 2.24) is 25.5 Å². The van der Waals surface area contributed by atoms with Gasteiger partial charge in [-0.05, 0) is 61.7 Å². The molecular formula is C34H36N8O10S. The maximum atomic E-state index is 13.0. The zero-order chi connectivity index (χ0) is 37.9. The van der Waals surface area contributed by atoms with Crippen LogP contribution in [0, 0.1) is 0 Å². The molecule has 6 amide bonds. The molecule has 2 aromatic carbocycles. The second kappa shape index (κ2) is 15.2.